The molecule has 6 heteroatoms. The van der Waals surface area contributed by atoms with Gasteiger partial charge in [-0.1, -0.05) is 11.1 Å². The van der Waals surface area contributed by atoms with Crippen LogP contribution in [0, 0.1) is 12.3 Å². The van der Waals surface area contributed by atoms with E-state index >= 15 is 0 Å². The first-order valence-corrected chi connectivity index (χ1v) is 7.93. The predicted octanol–water partition coefficient (Wildman–Crippen LogP) is 3.27. The zero-order chi connectivity index (χ0) is 18.3. The van der Waals surface area contributed by atoms with E-state index in [1.807, 2.05) is 12.1 Å². The number of ether oxygens (including phenoxy) is 2. The van der Waals surface area contributed by atoms with Crippen molar-refractivity contribution in [3.8, 4) is 40.8 Å². The number of fused-ring (bicyclic) bond motifs is 5. The lowest BCUT2D eigenvalue weighted by Gasteiger charge is -2.11. The molecule has 0 fully saturated rings. The fourth-order valence-electron chi connectivity index (χ4n) is 3.29. The number of oxime groups is 1. The molecule has 0 saturated heterocycles. The second kappa shape index (κ2) is 6.05. The molecule has 0 atom stereocenters. The highest BCUT2D eigenvalue weighted by molar-refractivity contribution is 6.31. The smallest absolute Gasteiger partial charge is 0.177 e. The molecule has 0 saturated carbocycles. The molecule has 1 aliphatic rings. The number of nitrogens with zero attached hydrogens (tertiary/aromatic N) is 1. The second-order valence-corrected chi connectivity index (χ2v) is 5.77. The number of benzene rings is 2. The van der Waals surface area contributed by atoms with E-state index in [1.165, 1.54) is 0 Å². The molecule has 0 unspecified atom stereocenters. The van der Waals surface area contributed by atoms with Gasteiger partial charge in [0.2, 0.25) is 0 Å². The Hall–Kier alpha value is -3.59. The normalized spacial score (nSPS) is 13.3. The standard InChI is InChI=1S/C20H16N2O4/c1-4-7-26-22-20-17-14(9-12(24-2)10-16(17)25-3)19-18(20)13-8-11(23)5-6-15(13)21-19/h1,5-6,8-10,21,23H,7H2,2-3H3/b22-20-. The van der Waals surface area contributed by atoms with E-state index in [2.05, 4.69) is 16.1 Å². The van der Waals surface area contributed by atoms with Gasteiger partial charge in [-0.05, 0) is 24.3 Å². The van der Waals surface area contributed by atoms with Crippen molar-refractivity contribution in [1.82, 2.24) is 4.98 Å². The number of rotatable bonds is 4. The van der Waals surface area contributed by atoms with Crippen molar-refractivity contribution in [3.63, 3.8) is 0 Å². The van der Waals surface area contributed by atoms with Crippen molar-refractivity contribution in [2.45, 2.75) is 0 Å². The average molecular weight is 348 g/mol. The summed E-state index contributed by atoms with van der Waals surface area (Å²) in [5, 5.41) is 15.0. The summed E-state index contributed by atoms with van der Waals surface area (Å²) in [6.45, 7) is 0.0558. The lowest BCUT2D eigenvalue weighted by Crippen LogP contribution is -2.03. The molecule has 1 aromatic heterocycles. The lowest BCUT2D eigenvalue weighted by atomic mass is 10.0. The number of phenolic OH excluding ortho intramolecular Hbond substituents is 1. The summed E-state index contributed by atoms with van der Waals surface area (Å²) in [5.74, 6) is 3.85. The van der Waals surface area contributed by atoms with Crippen LogP contribution in [0.1, 0.15) is 11.1 Å². The molecule has 0 amide bonds. The van der Waals surface area contributed by atoms with Gasteiger partial charge >= 0.3 is 0 Å². The van der Waals surface area contributed by atoms with Gasteiger partial charge in [-0.3, -0.25) is 0 Å². The summed E-state index contributed by atoms with van der Waals surface area (Å²) in [6, 6.07) is 8.85. The highest BCUT2D eigenvalue weighted by Gasteiger charge is 2.33. The molecule has 4 rings (SSSR count). The molecular formula is C20H16N2O4. The third kappa shape index (κ3) is 2.25. The van der Waals surface area contributed by atoms with Crippen molar-refractivity contribution in [2.75, 3.05) is 20.8 Å². The van der Waals surface area contributed by atoms with Gasteiger partial charge in [0.05, 0.1) is 25.5 Å². The van der Waals surface area contributed by atoms with Crippen LogP contribution >= 0.6 is 0 Å². The molecule has 0 radical (unpaired) electrons. The Balaban J connectivity index is 2.05. The third-order valence-electron chi connectivity index (χ3n) is 4.36. The average Bonchev–Trinajstić information content (AvgIpc) is 3.16. The molecule has 0 bridgehead atoms. The van der Waals surface area contributed by atoms with E-state index in [0.29, 0.717) is 17.2 Å². The fraction of sp³-hybridized carbons (Fsp3) is 0.150. The zero-order valence-corrected chi connectivity index (χ0v) is 14.3. The maximum Gasteiger partial charge on any atom is 0.177 e. The van der Waals surface area contributed by atoms with Crippen LogP contribution in [-0.4, -0.2) is 36.6 Å². The molecule has 2 N–H and O–H groups in total. The highest BCUT2D eigenvalue weighted by atomic mass is 16.6. The van der Waals surface area contributed by atoms with Crippen LogP contribution < -0.4 is 9.47 Å². The predicted molar refractivity (Wildman–Crippen MR) is 98.9 cm³/mol. The van der Waals surface area contributed by atoms with Crippen LogP contribution in [0.3, 0.4) is 0 Å². The number of hydrogen-bond acceptors (Lipinski definition) is 5. The van der Waals surface area contributed by atoms with Crippen molar-refractivity contribution in [2.24, 2.45) is 5.16 Å². The number of aromatic amines is 1. The van der Waals surface area contributed by atoms with Gasteiger partial charge in [-0.25, -0.2) is 0 Å². The van der Waals surface area contributed by atoms with Crippen LogP contribution in [-0.2, 0) is 4.84 Å². The number of nitrogens with one attached hydrogen (secondary N) is 1. The van der Waals surface area contributed by atoms with Gasteiger partial charge in [0.15, 0.2) is 6.61 Å². The summed E-state index contributed by atoms with van der Waals surface area (Å²) in [6.07, 6.45) is 5.26. The minimum atomic E-state index is 0.0558. The third-order valence-corrected chi connectivity index (χ3v) is 4.36. The van der Waals surface area contributed by atoms with Crippen LogP contribution in [0.2, 0.25) is 0 Å². The first-order valence-electron chi connectivity index (χ1n) is 7.93. The van der Waals surface area contributed by atoms with Crippen LogP contribution in [0.25, 0.3) is 22.2 Å². The monoisotopic (exact) mass is 348 g/mol. The molecule has 26 heavy (non-hydrogen) atoms. The van der Waals surface area contributed by atoms with Crippen LogP contribution in [0.4, 0.5) is 0 Å². The topological polar surface area (TPSA) is 76.1 Å². The maximum absolute atomic E-state index is 9.92. The summed E-state index contributed by atoms with van der Waals surface area (Å²) in [4.78, 5) is 8.66. The molecule has 0 spiro atoms. The quantitative estimate of drug-likeness (QED) is 0.337. The largest absolute Gasteiger partial charge is 0.508 e. The molecule has 1 aliphatic carbocycles. The number of aromatic hydroxyl groups is 1. The lowest BCUT2D eigenvalue weighted by molar-refractivity contribution is 0.180. The Bertz CT molecular complexity index is 1090. The maximum atomic E-state index is 9.92. The van der Waals surface area contributed by atoms with Gasteiger partial charge in [0, 0.05) is 28.1 Å². The minimum absolute atomic E-state index is 0.0558. The van der Waals surface area contributed by atoms with Gasteiger partial charge in [0.25, 0.3) is 0 Å². The van der Waals surface area contributed by atoms with E-state index in [0.717, 1.165) is 33.3 Å². The molecule has 0 aliphatic heterocycles. The number of terminal acetylenes is 1. The Kier molecular flexibility index (Phi) is 3.70. The molecule has 6 nitrogen and oxygen atoms in total. The van der Waals surface area contributed by atoms with Gasteiger partial charge in [-0.2, -0.15) is 0 Å². The Morgan fingerprint density at radius 3 is 2.73 bits per heavy atom. The summed E-state index contributed by atoms with van der Waals surface area (Å²) < 4.78 is 10.9. The summed E-state index contributed by atoms with van der Waals surface area (Å²) in [7, 11) is 3.19. The van der Waals surface area contributed by atoms with Crippen LogP contribution in [0.5, 0.6) is 17.2 Å². The van der Waals surface area contributed by atoms with Crippen LogP contribution in [0.15, 0.2) is 35.5 Å². The number of aromatic nitrogens is 1. The van der Waals surface area contributed by atoms with E-state index < -0.39 is 0 Å². The van der Waals surface area contributed by atoms with Crippen molar-refractivity contribution in [1.29, 1.82) is 0 Å². The Morgan fingerprint density at radius 1 is 1.15 bits per heavy atom. The van der Waals surface area contributed by atoms with Gasteiger partial charge in [-0.15, -0.1) is 6.42 Å². The van der Waals surface area contributed by atoms with E-state index in [9.17, 15) is 5.11 Å². The highest BCUT2D eigenvalue weighted by Crippen LogP contribution is 2.46. The van der Waals surface area contributed by atoms with Gasteiger partial charge in [0.1, 0.15) is 23.0 Å². The molecule has 130 valence electrons. The first-order chi connectivity index (χ1) is 12.7. The number of hydrogen-bond donors (Lipinski definition) is 2. The number of methoxy groups -OCH3 is 2. The zero-order valence-electron chi connectivity index (χ0n) is 14.3. The number of phenols is 1. The Labute approximate surface area is 150 Å². The van der Waals surface area contributed by atoms with Crippen molar-refractivity contribution in [3.05, 3.63) is 41.5 Å². The minimum Gasteiger partial charge on any atom is -0.508 e. The van der Waals surface area contributed by atoms with E-state index in [-0.39, 0.29) is 12.4 Å². The van der Waals surface area contributed by atoms with Gasteiger partial charge < -0.3 is 24.4 Å². The molecule has 1 heterocycles. The molecule has 3 aromatic rings. The van der Waals surface area contributed by atoms with E-state index in [4.69, 9.17) is 20.7 Å². The number of H-pyrrole nitrogens is 1. The fourth-order valence-corrected chi connectivity index (χ4v) is 3.29. The first kappa shape index (κ1) is 15.9. The molecule has 2 aromatic carbocycles. The Morgan fingerprint density at radius 2 is 2.00 bits per heavy atom. The molecular weight excluding hydrogens is 332 g/mol. The van der Waals surface area contributed by atoms with E-state index in [1.54, 1.807) is 32.4 Å². The summed E-state index contributed by atoms with van der Waals surface area (Å²) in [5.41, 5.74) is 4.84. The van der Waals surface area contributed by atoms with Crippen molar-refractivity contribution < 1.29 is 19.4 Å². The SMILES string of the molecule is C#CCO/N=C1/c2c(OC)cc(OC)cc2-c2[nH]c3ccc(O)cc3c21. The van der Waals surface area contributed by atoms with Crippen molar-refractivity contribution >= 4 is 16.6 Å². The summed E-state index contributed by atoms with van der Waals surface area (Å²) >= 11 is 0. The second-order valence-electron chi connectivity index (χ2n) is 5.77.